The van der Waals surface area contributed by atoms with Crippen LogP contribution < -0.4 is 0 Å². The quantitative estimate of drug-likeness (QED) is 0.575. The number of aliphatic hydroxyl groups is 1. The molecule has 7 nitrogen and oxygen atoms in total. The van der Waals surface area contributed by atoms with Crippen molar-refractivity contribution in [2.75, 3.05) is 26.2 Å². The van der Waals surface area contributed by atoms with Crippen LogP contribution in [0.25, 0.3) is 5.65 Å². The Bertz CT molecular complexity index is 1350. The molecule has 1 saturated carbocycles. The lowest BCUT2D eigenvalue weighted by molar-refractivity contribution is -0.149. The number of aromatic nitrogens is 2. The van der Waals surface area contributed by atoms with Gasteiger partial charge in [-0.05, 0) is 92.8 Å². The van der Waals surface area contributed by atoms with Crippen LogP contribution in [0.4, 0.5) is 0 Å². The minimum atomic E-state index is -0.924. The summed E-state index contributed by atoms with van der Waals surface area (Å²) in [7, 11) is 0. The average Bonchev–Trinajstić information content (AvgIpc) is 3.62. The van der Waals surface area contributed by atoms with Gasteiger partial charge < -0.3 is 19.5 Å². The van der Waals surface area contributed by atoms with E-state index in [0.717, 1.165) is 54.3 Å². The molecule has 7 heteroatoms. The van der Waals surface area contributed by atoms with E-state index in [1.807, 2.05) is 52.9 Å². The number of likely N-dealkylation sites (tertiary alicyclic amines) is 2. The maximum atomic E-state index is 13.5. The summed E-state index contributed by atoms with van der Waals surface area (Å²) >= 11 is 0. The molecule has 2 N–H and O–H groups in total. The van der Waals surface area contributed by atoms with Crippen molar-refractivity contribution in [3.63, 3.8) is 0 Å². The number of pyridine rings is 1. The number of piperidine rings is 1. The summed E-state index contributed by atoms with van der Waals surface area (Å²) in [5.41, 5.74) is 3.50. The number of benzene rings is 1. The predicted molar refractivity (Wildman–Crippen MR) is 141 cm³/mol. The SMILES string of the molecule is Cc1cc2c(cc1O)C13CCN(C(=O)Cc4cn5ccccc5n4)CCC1(O)C(C2)N(CC1CC1)CC3. The number of rotatable bonds is 4. The van der Waals surface area contributed by atoms with E-state index < -0.39 is 11.0 Å². The first-order valence-electron chi connectivity index (χ1n) is 13.9. The van der Waals surface area contributed by atoms with Gasteiger partial charge in [0.1, 0.15) is 11.4 Å². The van der Waals surface area contributed by atoms with Crippen molar-refractivity contribution in [1.82, 2.24) is 19.2 Å². The number of nitrogens with zero attached hydrogens (tertiary/aromatic N) is 4. The van der Waals surface area contributed by atoms with Gasteiger partial charge in [-0.2, -0.15) is 0 Å². The summed E-state index contributed by atoms with van der Waals surface area (Å²) in [6.45, 7) is 5.14. The number of phenolic OH excluding ortho intramolecular Hbond substituents is 1. The van der Waals surface area contributed by atoms with Crippen LogP contribution in [0.3, 0.4) is 0 Å². The number of aryl methyl sites for hydroxylation is 1. The molecule has 1 amide bonds. The molecular weight excluding hydrogens is 464 g/mol. The van der Waals surface area contributed by atoms with Crippen LogP contribution in [0, 0.1) is 12.8 Å². The smallest absolute Gasteiger partial charge is 0.228 e. The zero-order valence-corrected chi connectivity index (χ0v) is 21.6. The molecular formula is C30H36N4O3. The molecule has 2 aliphatic carbocycles. The molecule has 7 rings (SSSR count). The van der Waals surface area contributed by atoms with Crippen molar-refractivity contribution in [2.24, 2.45) is 5.92 Å². The van der Waals surface area contributed by atoms with Gasteiger partial charge >= 0.3 is 0 Å². The number of fused-ring (bicyclic) bond motifs is 2. The molecule has 2 aromatic heterocycles. The van der Waals surface area contributed by atoms with E-state index in [4.69, 9.17) is 0 Å². The summed E-state index contributed by atoms with van der Waals surface area (Å²) in [6.07, 6.45) is 9.66. The van der Waals surface area contributed by atoms with E-state index >= 15 is 0 Å². The molecule has 4 heterocycles. The minimum Gasteiger partial charge on any atom is -0.508 e. The summed E-state index contributed by atoms with van der Waals surface area (Å²) in [5, 5.41) is 23.4. The van der Waals surface area contributed by atoms with Gasteiger partial charge in [0.05, 0.1) is 17.7 Å². The standard InChI is InChI=1S/C30H36N4O3/c1-20-14-22-15-26-30(37)9-13-32(28(36)16-23-19-34-10-3-2-4-27(34)31-23)11-7-29(30,24(22)17-25(20)35)8-12-33(26)18-21-5-6-21/h2-4,10,14,17,19,21,26,35,37H,5-9,11-13,15-16,18H2,1H3. The first kappa shape index (κ1) is 23.2. The fourth-order valence-corrected chi connectivity index (χ4v) is 7.64. The zero-order chi connectivity index (χ0) is 25.4. The fraction of sp³-hybridized carbons (Fsp3) is 0.533. The topological polar surface area (TPSA) is 81.3 Å². The van der Waals surface area contributed by atoms with Gasteiger partial charge in [0.15, 0.2) is 0 Å². The number of carbonyl (C=O) groups excluding carboxylic acids is 1. The van der Waals surface area contributed by atoms with E-state index in [1.54, 1.807) is 0 Å². The Kier molecular flexibility index (Phi) is 5.21. The summed E-state index contributed by atoms with van der Waals surface area (Å²) in [6, 6.07) is 9.96. The molecule has 1 aromatic carbocycles. The first-order chi connectivity index (χ1) is 17.9. The van der Waals surface area contributed by atoms with E-state index in [-0.39, 0.29) is 18.4 Å². The fourth-order valence-electron chi connectivity index (χ4n) is 7.64. The average molecular weight is 501 g/mol. The van der Waals surface area contributed by atoms with Gasteiger partial charge in [0.25, 0.3) is 0 Å². The Hall–Kier alpha value is -2.90. The Morgan fingerprint density at radius 2 is 1.95 bits per heavy atom. The highest BCUT2D eigenvalue weighted by Gasteiger charge is 2.63. The van der Waals surface area contributed by atoms with Crippen LogP contribution in [-0.4, -0.2) is 73.1 Å². The third kappa shape index (κ3) is 3.62. The molecule has 3 fully saturated rings. The molecule has 194 valence electrons. The van der Waals surface area contributed by atoms with Crippen molar-refractivity contribution in [3.8, 4) is 5.75 Å². The number of hydrogen-bond acceptors (Lipinski definition) is 5. The highest BCUT2D eigenvalue weighted by atomic mass is 16.3. The zero-order valence-electron chi connectivity index (χ0n) is 21.6. The molecule has 2 bridgehead atoms. The minimum absolute atomic E-state index is 0.0479. The molecule has 3 atom stereocenters. The first-order valence-corrected chi connectivity index (χ1v) is 13.9. The van der Waals surface area contributed by atoms with Crippen molar-refractivity contribution in [2.45, 2.75) is 68.9 Å². The molecule has 4 aliphatic rings. The van der Waals surface area contributed by atoms with Crippen LogP contribution in [0.1, 0.15) is 54.5 Å². The molecule has 3 aromatic rings. The second-order valence-corrected chi connectivity index (χ2v) is 12.0. The van der Waals surface area contributed by atoms with Crippen LogP contribution in [0.15, 0.2) is 42.7 Å². The van der Waals surface area contributed by atoms with Crippen LogP contribution in [-0.2, 0) is 23.1 Å². The molecule has 0 radical (unpaired) electrons. The summed E-state index contributed by atoms with van der Waals surface area (Å²) < 4.78 is 1.95. The second-order valence-electron chi connectivity index (χ2n) is 12.0. The highest BCUT2D eigenvalue weighted by molar-refractivity contribution is 5.78. The lowest BCUT2D eigenvalue weighted by Gasteiger charge is -2.61. The summed E-state index contributed by atoms with van der Waals surface area (Å²) in [4.78, 5) is 22.6. The van der Waals surface area contributed by atoms with Gasteiger partial charge in [-0.1, -0.05) is 12.1 Å². The van der Waals surface area contributed by atoms with Crippen molar-refractivity contribution in [3.05, 3.63) is 65.1 Å². The number of phenols is 1. The van der Waals surface area contributed by atoms with Crippen molar-refractivity contribution < 1.29 is 15.0 Å². The van der Waals surface area contributed by atoms with Crippen LogP contribution in [0.2, 0.25) is 0 Å². The van der Waals surface area contributed by atoms with Gasteiger partial charge in [0, 0.05) is 43.5 Å². The third-order valence-electron chi connectivity index (χ3n) is 9.86. The Morgan fingerprint density at radius 3 is 2.76 bits per heavy atom. The van der Waals surface area contributed by atoms with Gasteiger partial charge in [-0.25, -0.2) is 4.98 Å². The van der Waals surface area contributed by atoms with E-state index in [1.165, 1.54) is 18.4 Å². The van der Waals surface area contributed by atoms with Gasteiger partial charge in [0.2, 0.25) is 5.91 Å². The number of imidazole rings is 1. The van der Waals surface area contributed by atoms with Crippen molar-refractivity contribution >= 4 is 11.6 Å². The molecule has 0 spiro atoms. The Labute approximate surface area is 217 Å². The lowest BCUT2D eigenvalue weighted by atomic mass is 9.52. The molecule has 37 heavy (non-hydrogen) atoms. The largest absolute Gasteiger partial charge is 0.508 e. The van der Waals surface area contributed by atoms with E-state index in [2.05, 4.69) is 16.0 Å². The van der Waals surface area contributed by atoms with Gasteiger partial charge in [-0.3, -0.25) is 9.69 Å². The number of aromatic hydroxyl groups is 1. The van der Waals surface area contributed by atoms with Gasteiger partial charge in [-0.15, -0.1) is 0 Å². The third-order valence-corrected chi connectivity index (χ3v) is 9.86. The lowest BCUT2D eigenvalue weighted by Crippen LogP contribution is -2.71. The van der Waals surface area contributed by atoms with E-state index in [9.17, 15) is 15.0 Å². The summed E-state index contributed by atoms with van der Waals surface area (Å²) in [5.74, 6) is 1.13. The molecule has 3 unspecified atom stereocenters. The highest BCUT2D eigenvalue weighted by Crippen LogP contribution is 2.57. The van der Waals surface area contributed by atoms with E-state index in [0.29, 0.717) is 31.7 Å². The van der Waals surface area contributed by atoms with Crippen LogP contribution >= 0.6 is 0 Å². The number of hydrogen-bond donors (Lipinski definition) is 2. The maximum absolute atomic E-state index is 13.5. The Balaban J connectivity index is 1.21. The maximum Gasteiger partial charge on any atom is 0.228 e. The number of amides is 1. The van der Waals surface area contributed by atoms with Crippen LogP contribution in [0.5, 0.6) is 5.75 Å². The monoisotopic (exact) mass is 500 g/mol. The molecule has 2 saturated heterocycles. The Morgan fingerprint density at radius 1 is 1.14 bits per heavy atom. The predicted octanol–water partition coefficient (Wildman–Crippen LogP) is 3.22. The second kappa shape index (κ2) is 8.30. The normalized spacial score (nSPS) is 29.6. The van der Waals surface area contributed by atoms with Crippen molar-refractivity contribution in [1.29, 1.82) is 0 Å². The number of carbonyl (C=O) groups is 1. The molecule has 2 aliphatic heterocycles.